The van der Waals surface area contributed by atoms with E-state index in [9.17, 15) is 4.79 Å². The van der Waals surface area contributed by atoms with Gasteiger partial charge in [-0.3, -0.25) is 9.79 Å². The summed E-state index contributed by atoms with van der Waals surface area (Å²) in [5, 5.41) is 9.58. The first kappa shape index (κ1) is 22.0. The van der Waals surface area contributed by atoms with Crippen molar-refractivity contribution in [1.29, 1.82) is 0 Å². The van der Waals surface area contributed by atoms with Crippen LogP contribution in [0.5, 0.6) is 0 Å². The Morgan fingerprint density at radius 3 is 2.62 bits per heavy atom. The molecule has 6 nitrogen and oxygen atoms in total. The molecule has 1 aromatic carbocycles. The number of amides is 1. The zero-order valence-electron chi connectivity index (χ0n) is 16.9. The van der Waals surface area contributed by atoms with Gasteiger partial charge in [-0.2, -0.15) is 0 Å². The minimum absolute atomic E-state index is 0.0638. The van der Waals surface area contributed by atoms with Crippen molar-refractivity contribution in [2.45, 2.75) is 53.1 Å². The third kappa shape index (κ3) is 8.85. The fourth-order valence-corrected chi connectivity index (χ4v) is 2.81. The van der Waals surface area contributed by atoms with E-state index in [-0.39, 0.29) is 5.91 Å². The highest BCUT2D eigenvalue weighted by Crippen LogP contribution is 2.10. The maximum Gasteiger partial charge on any atom is 0.221 e. The summed E-state index contributed by atoms with van der Waals surface area (Å²) in [6, 6.07) is 8.18. The zero-order chi connectivity index (χ0) is 19.4. The number of nitrogens with one attached hydrogen (secondary N) is 3. The van der Waals surface area contributed by atoms with Crippen molar-refractivity contribution in [1.82, 2.24) is 15.5 Å². The molecule has 1 unspecified atom stereocenters. The molecule has 26 heavy (non-hydrogen) atoms. The van der Waals surface area contributed by atoms with E-state index in [1.807, 2.05) is 24.3 Å². The van der Waals surface area contributed by atoms with E-state index in [0.29, 0.717) is 12.6 Å². The summed E-state index contributed by atoms with van der Waals surface area (Å²) in [4.78, 5) is 17.9. The Labute approximate surface area is 158 Å². The van der Waals surface area contributed by atoms with Crippen LogP contribution in [0.4, 0.5) is 5.69 Å². The van der Waals surface area contributed by atoms with Gasteiger partial charge in [0.2, 0.25) is 5.91 Å². The molecule has 0 aliphatic heterocycles. The van der Waals surface area contributed by atoms with Crippen molar-refractivity contribution in [2.24, 2.45) is 4.99 Å². The number of aliphatic imine (C=N–C) groups is 1. The Balaban J connectivity index is 2.41. The minimum Gasteiger partial charge on any atom is -0.354 e. The zero-order valence-corrected chi connectivity index (χ0v) is 16.9. The Morgan fingerprint density at radius 2 is 2.00 bits per heavy atom. The largest absolute Gasteiger partial charge is 0.354 e. The number of carbonyl (C=O) groups is 1. The minimum atomic E-state index is -0.0638. The summed E-state index contributed by atoms with van der Waals surface area (Å²) < 4.78 is 0. The fraction of sp³-hybridized carbons (Fsp3) is 0.600. The van der Waals surface area contributed by atoms with Gasteiger partial charge in [-0.25, -0.2) is 0 Å². The predicted molar refractivity (Wildman–Crippen MR) is 111 cm³/mol. The van der Waals surface area contributed by atoms with Crippen molar-refractivity contribution in [2.75, 3.05) is 32.0 Å². The summed E-state index contributed by atoms with van der Waals surface area (Å²) in [5.74, 6) is 0.733. The predicted octanol–water partition coefficient (Wildman–Crippen LogP) is 2.82. The molecule has 1 aromatic rings. The van der Waals surface area contributed by atoms with Gasteiger partial charge >= 0.3 is 0 Å². The Bertz CT molecular complexity index is 569. The molecule has 6 heteroatoms. The van der Waals surface area contributed by atoms with Gasteiger partial charge in [-0.1, -0.05) is 26.0 Å². The van der Waals surface area contributed by atoms with E-state index < -0.39 is 0 Å². The van der Waals surface area contributed by atoms with E-state index in [1.165, 1.54) is 13.3 Å². The molecule has 0 bridgehead atoms. The van der Waals surface area contributed by atoms with E-state index in [2.05, 4.69) is 46.6 Å². The van der Waals surface area contributed by atoms with Crippen LogP contribution in [-0.2, 0) is 11.3 Å². The van der Waals surface area contributed by atoms with E-state index in [1.54, 1.807) is 7.05 Å². The van der Waals surface area contributed by atoms with Gasteiger partial charge in [0, 0.05) is 32.2 Å². The molecule has 1 amide bonds. The molecular weight excluding hydrogens is 326 g/mol. The number of carbonyl (C=O) groups excluding carboxylic acids is 1. The van der Waals surface area contributed by atoms with Crippen molar-refractivity contribution >= 4 is 17.6 Å². The average Bonchev–Trinajstić information content (AvgIpc) is 2.62. The van der Waals surface area contributed by atoms with Crippen LogP contribution in [0.1, 0.15) is 46.1 Å². The third-order valence-electron chi connectivity index (χ3n) is 4.32. The molecule has 0 saturated heterocycles. The molecule has 3 N–H and O–H groups in total. The molecule has 0 fully saturated rings. The van der Waals surface area contributed by atoms with E-state index in [4.69, 9.17) is 0 Å². The molecule has 0 aliphatic rings. The van der Waals surface area contributed by atoms with Gasteiger partial charge in [-0.05, 0) is 57.1 Å². The van der Waals surface area contributed by atoms with Crippen LogP contribution in [0, 0.1) is 0 Å². The molecule has 1 rings (SSSR count). The number of hydrogen-bond acceptors (Lipinski definition) is 3. The molecule has 0 spiro atoms. The second-order valence-corrected chi connectivity index (χ2v) is 6.52. The van der Waals surface area contributed by atoms with E-state index in [0.717, 1.165) is 43.3 Å². The van der Waals surface area contributed by atoms with E-state index >= 15 is 0 Å². The summed E-state index contributed by atoms with van der Waals surface area (Å²) in [7, 11) is 1.78. The number of anilines is 1. The molecule has 0 aliphatic carbocycles. The maximum atomic E-state index is 11.2. The van der Waals surface area contributed by atoms with Crippen LogP contribution in [0.2, 0.25) is 0 Å². The standard InChI is InChI=1S/C20H35N5O/c1-6-25(7-2)13-9-10-16(3)23-20(21-5)22-15-18-11-8-12-19(14-18)24-17(4)26/h8,11-12,14,16H,6-7,9-10,13,15H2,1-5H3,(H,24,26)(H2,21,22,23). The Morgan fingerprint density at radius 1 is 1.27 bits per heavy atom. The van der Waals surface area contributed by atoms with Crippen LogP contribution >= 0.6 is 0 Å². The highest BCUT2D eigenvalue weighted by Gasteiger charge is 2.07. The number of benzene rings is 1. The summed E-state index contributed by atoms with van der Waals surface area (Å²) in [6.07, 6.45) is 2.28. The number of guanidine groups is 1. The molecule has 0 radical (unpaired) electrons. The lowest BCUT2D eigenvalue weighted by Gasteiger charge is -2.21. The van der Waals surface area contributed by atoms with Crippen LogP contribution in [0.15, 0.2) is 29.3 Å². The molecule has 1 atom stereocenters. The van der Waals surface area contributed by atoms with Crippen molar-refractivity contribution in [3.8, 4) is 0 Å². The Kier molecular flexibility index (Phi) is 10.4. The summed E-state index contributed by atoms with van der Waals surface area (Å²) in [6.45, 7) is 12.1. The summed E-state index contributed by atoms with van der Waals surface area (Å²) >= 11 is 0. The monoisotopic (exact) mass is 361 g/mol. The third-order valence-corrected chi connectivity index (χ3v) is 4.32. The van der Waals surface area contributed by atoms with Gasteiger partial charge in [0.25, 0.3) is 0 Å². The second-order valence-electron chi connectivity index (χ2n) is 6.52. The quantitative estimate of drug-likeness (QED) is 0.443. The molecule has 0 saturated carbocycles. The van der Waals surface area contributed by atoms with Gasteiger partial charge in [0.05, 0.1) is 0 Å². The topological polar surface area (TPSA) is 68.8 Å². The number of rotatable bonds is 10. The molecule has 0 heterocycles. The lowest BCUT2D eigenvalue weighted by atomic mass is 10.1. The molecular formula is C20H35N5O. The molecule has 146 valence electrons. The van der Waals surface area contributed by atoms with Gasteiger partial charge < -0.3 is 20.9 Å². The Hall–Kier alpha value is -2.08. The SMILES string of the molecule is CCN(CC)CCCC(C)NC(=NC)NCc1cccc(NC(C)=O)c1. The highest BCUT2D eigenvalue weighted by atomic mass is 16.1. The molecule has 0 aromatic heterocycles. The number of hydrogen-bond donors (Lipinski definition) is 3. The maximum absolute atomic E-state index is 11.2. The normalized spacial score (nSPS) is 12.8. The smallest absolute Gasteiger partial charge is 0.221 e. The lowest BCUT2D eigenvalue weighted by Crippen LogP contribution is -2.42. The number of nitrogens with zero attached hydrogens (tertiary/aromatic N) is 2. The van der Waals surface area contributed by atoms with Crippen LogP contribution in [0.3, 0.4) is 0 Å². The van der Waals surface area contributed by atoms with Gasteiger partial charge in [0.1, 0.15) is 0 Å². The first-order valence-electron chi connectivity index (χ1n) is 9.54. The first-order chi connectivity index (χ1) is 12.5. The van der Waals surface area contributed by atoms with Crippen molar-refractivity contribution in [3.63, 3.8) is 0 Å². The first-order valence-corrected chi connectivity index (χ1v) is 9.54. The fourth-order valence-electron chi connectivity index (χ4n) is 2.81. The van der Waals surface area contributed by atoms with Gasteiger partial charge in [0.15, 0.2) is 5.96 Å². The lowest BCUT2D eigenvalue weighted by molar-refractivity contribution is -0.114. The van der Waals surface area contributed by atoms with Crippen LogP contribution < -0.4 is 16.0 Å². The highest BCUT2D eigenvalue weighted by molar-refractivity contribution is 5.88. The van der Waals surface area contributed by atoms with Crippen molar-refractivity contribution < 1.29 is 4.79 Å². The average molecular weight is 362 g/mol. The van der Waals surface area contributed by atoms with Crippen LogP contribution in [0.25, 0.3) is 0 Å². The van der Waals surface area contributed by atoms with Gasteiger partial charge in [-0.15, -0.1) is 0 Å². The van der Waals surface area contributed by atoms with Crippen LogP contribution in [-0.4, -0.2) is 49.5 Å². The second kappa shape index (κ2) is 12.3. The van der Waals surface area contributed by atoms with Crippen molar-refractivity contribution in [3.05, 3.63) is 29.8 Å². The summed E-state index contributed by atoms with van der Waals surface area (Å²) in [5.41, 5.74) is 1.90.